The third-order valence-electron chi connectivity index (χ3n) is 4.22. The van der Waals surface area contributed by atoms with Gasteiger partial charge in [-0.05, 0) is 43.9 Å². The number of carbonyl (C=O) groups is 2. The second kappa shape index (κ2) is 8.56. The van der Waals surface area contributed by atoms with Crippen LogP contribution in [0.3, 0.4) is 0 Å². The highest BCUT2D eigenvalue weighted by molar-refractivity contribution is 5.78. The molecule has 0 bridgehead atoms. The molecule has 1 aromatic rings. The summed E-state index contributed by atoms with van der Waals surface area (Å²) in [5.41, 5.74) is 0.515. The number of hydrogen-bond donors (Lipinski definition) is 1. The Balaban J connectivity index is 1.91. The summed E-state index contributed by atoms with van der Waals surface area (Å²) in [7, 11) is 0. The summed E-state index contributed by atoms with van der Waals surface area (Å²) in [6.45, 7) is 4.44. The summed E-state index contributed by atoms with van der Waals surface area (Å²) in [5, 5.41) is 3.05. The number of rotatable bonds is 7. The Labute approximate surface area is 137 Å². The molecule has 1 fully saturated rings. The molecule has 0 aliphatic heterocycles. The minimum absolute atomic E-state index is 0.0519. The lowest BCUT2D eigenvalue weighted by atomic mass is 9.86. The molecule has 5 heteroatoms. The highest BCUT2D eigenvalue weighted by Gasteiger charge is 2.23. The van der Waals surface area contributed by atoms with Gasteiger partial charge in [-0.3, -0.25) is 9.59 Å². The molecule has 1 saturated carbocycles. The van der Waals surface area contributed by atoms with Crippen LogP contribution in [0, 0.1) is 5.92 Å². The summed E-state index contributed by atoms with van der Waals surface area (Å²) in [4.78, 5) is 22.9. The van der Waals surface area contributed by atoms with Crippen molar-refractivity contribution in [2.24, 2.45) is 5.92 Å². The molecular formula is C18H25NO4. The average molecular weight is 319 g/mol. The van der Waals surface area contributed by atoms with E-state index in [4.69, 9.17) is 9.47 Å². The Kier molecular flexibility index (Phi) is 6.44. The van der Waals surface area contributed by atoms with Gasteiger partial charge in [0.15, 0.2) is 18.1 Å². The first kappa shape index (κ1) is 17.3. The Morgan fingerprint density at radius 1 is 1.26 bits per heavy atom. The van der Waals surface area contributed by atoms with Crippen LogP contribution in [0.15, 0.2) is 18.2 Å². The third-order valence-corrected chi connectivity index (χ3v) is 4.22. The molecule has 0 saturated heterocycles. The molecule has 1 aromatic carbocycles. The Morgan fingerprint density at radius 3 is 2.74 bits per heavy atom. The molecule has 2 atom stereocenters. The molecule has 5 nitrogen and oxygen atoms in total. The van der Waals surface area contributed by atoms with E-state index in [1.54, 1.807) is 18.2 Å². The number of amides is 1. The van der Waals surface area contributed by atoms with Gasteiger partial charge < -0.3 is 14.8 Å². The Morgan fingerprint density at radius 2 is 2.04 bits per heavy atom. The zero-order chi connectivity index (χ0) is 16.7. The van der Waals surface area contributed by atoms with E-state index in [2.05, 4.69) is 12.2 Å². The van der Waals surface area contributed by atoms with E-state index in [9.17, 15) is 9.59 Å². The van der Waals surface area contributed by atoms with Crippen molar-refractivity contribution in [3.63, 3.8) is 0 Å². The van der Waals surface area contributed by atoms with Gasteiger partial charge in [0.1, 0.15) is 6.29 Å². The Bertz CT molecular complexity index is 544. The van der Waals surface area contributed by atoms with Gasteiger partial charge >= 0.3 is 0 Å². The molecule has 23 heavy (non-hydrogen) atoms. The van der Waals surface area contributed by atoms with Crippen molar-refractivity contribution in [2.45, 2.75) is 45.6 Å². The molecule has 2 rings (SSSR count). The molecule has 1 aliphatic rings. The molecule has 0 spiro atoms. The van der Waals surface area contributed by atoms with Crippen LogP contribution in [0.4, 0.5) is 0 Å². The van der Waals surface area contributed by atoms with Crippen molar-refractivity contribution in [1.82, 2.24) is 5.32 Å². The van der Waals surface area contributed by atoms with Crippen LogP contribution in [0.2, 0.25) is 0 Å². The zero-order valence-electron chi connectivity index (χ0n) is 13.8. The van der Waals surface area contributed by atoms with Crippen molar-refractivity contribution in [3.8, 4) is 11.5 Å². The van der Waals surface area contributed by atoms with Crippen molar-refractivity contribution in [3.05, 3.63) is 23.8 Å². The van der Waals surface area contributed by atoms with E-state index >= 15 is 0 Å². The summed E-state index contributed by atoms with van der Waals surface area (Å²) in [6.07, 6.45) is 5.35. The topological polar surface area (TPSA) is 64.6 Å². The van der Waals surface area contributed by atoms with Gasteiger partial charge in [0.25, 0.3) is 5.91 Å². The second-order valence-electron chi connectivity index (χ2n) is 5.98. The molecule has 1 N–H and O–H groups in total. The smallest absolute Gasteiger partial charge is 0.258 e. The van der Waals surface area contributed by atoms with Crippen LogP contribution in [0.25, 0.3) is 0 Å². The average Bonchev–Trinajstić information content (AvgIpc) is 2.56. The van der Waals surface area contributed by atoms with Gasteiger partial charge in [-0.25, -0.2) is 0 Å². The van der Waals surface area contributed by atoms with Crippen LogP contribution in [-0.2, 0) is 4.79 Å². The summed E-state index contributed by atoms with van der Waals surface area (Å²) in [5.74, 6) is 1.35. The van der Waals surface area contributed by atoms with Crippen molar-refractivity contribution < 1.29 is 19.1 Å². The van der Waals surface area contributed by atoms with E-state index in [-0.39, 0.29) is 18.6 Å². The van der Waals surface area contributed by atoms with E-state index in [0.29, 0.717) is 29.6 Å². The first-order valence-electron chi connectivity index (χ1n) is 8.28. The number of ether oxygens (including phenoxy) is 2. The molecular weight excluding hydrogens is 294 g/mol. The van der Waals surface area contributed by atoms with E-state index in [1.807, 2.05) is 6.92 Å². The lowest BCUT2D eigenvalue weighted by Gasteiger charge is -2.29. The van der Waals surface area contributed by atoms with Gasteiger partial charge in [0.05, 0.1) is 6.61 Å². The fourth-order valence-electron chi connectivity index (χ4n) is 2.91. The number of benzene rings is 1. The Hall–Kier alpha value is -2.04. The monoisotopic (exact) mass is 319 g/mol. The van der Waals surface area contributed by atoms with Crippen LogP contribution in [0.1, 0.15) is 49.9 Å². The predicted octanol–water partition coefficient (Wildman–Crippen LogP) is 2.97. The molecule has 2 unspecified atom stereocenters. The quantitative estimate of drug-likeness (QED) is 0.785. The summed E-state index contributed by atoms with van der Waals surface area (Å²) in [6, 6.07) is 5.16. The van der Waals surface area contributed by atoms with Gasteiger partial charge in [0.2, 0.25) is 0 Å². The zero-order valence-corrected chi connectivity index (χ0v) is 13.8. The van der Waals surface area contributed by atoms with E-state index in [1.165, 1.54) is 6.42 Å². The van der Waals surface area contributed by atoms with Crippen molar-refractivity contribution in [2.75, 3.05) is 13.2 Å². The van der Waals surface area contributed by atoms with Crippen LogP contribution >= 0.6 is 0 Å². The number of aldehydes is 1. The fourth-order valence-corrected chi connectivity index (χ4v) is 2.91. The maximum atomic E-state index is 12.1. The molecule has 0 aromatic heterocycles. The SMILES string of the molecule is CCOc1cc(C=O)ccc1OCC(=O)NC1CCCCC1C. The second-order valence-corrected chi connectivity index (χ2v) is 5.98. The lowest BCUT2D eigenvalue weighted by molar-refractivity contribution is -0.124. The lowest BCUT2D eigenvalue weighted by Crippen LogP contribution is -2.43. The highest BCUT2D eigenvalue weighted by atomic mass is 16.5. The largest absolute Gasteiger partial charge is 0.490 e. The summed E-state index contributed by atoms with van der Waals surface area (Å²) >= 11 is 0. The van der Waals surface area contributed by atoms with Crippen molar-refractivity contribution >= 4 is 12.2 Å². The maximum Gasteiger partial charge on any atom is 0.258 e. The number of carbonyl (C=O) groups excluding carboxylic acids is 2. The van der Waals surface area contributed by atoms with Crippen molar-refractivity contribution in [1.29, 1.82) is 0 Å². The van der Waals surface area contributed by atoms with E-state index < -0.39 is 0 Å². The van der Waals surface area contributed by atoms with Crippen LogP contribution in [-0.4, -0.2) is 31.4 Å². The molecule has 1 aliphatic carbocycles. The van der Waals surface area contributed by atoms with Gasteiger partial charge in [-0.1, -0.05) is 19.8 Å². The molecule has 1 amide bonds. The number of nitrogens with one attached hydrogen (secondary N) is 1. The number of hydrogen-bond acceptors (Lipinski definition) is 4. The van der Waals surface area contributed by atoms with Gasteiger partial charge in [-0.15, -0.1) is 0 Å². The van der Waals surface area contributed by atoms with Gasteiger partial charge in [-0.2, -0.15) is 0 Å². The maximum absolute atomic E-state index is 12.1. The highest BCUT2D eigenvalue weighted by Crippen LogP contribution is 2.28. The molecule has 126 valence electrons. The minimum atomic E-state index is -0.120. The normalized spacial score (nSPS) is 20.6. The first-order chi connectivity index (χ1) is 11.1. The fraction of sp³-hybridized carbons (Fsp3) is 0.556. The predicted molar refractivity (Wildman–Crippen MR) is 88.1 cm³/mol. The van der Waals surface area contributed by atoms with Crippen LogP contribution in [0.5, 0.6) is 11.5 Å². The minimum Gasteiger partial charge on any atom is -0.490 e. The standard InChI is InChI=1S/C18H25NO4/c1-3-22-17-10-14(11-20)8-9-16(17)23-12-18(21)19-15-7-5-4-6-13(15)2/h8-11,13,15H,3-7,12H2,1-2H3,(H,19,21). The third kappa shape index (κ3) is 4.98. The first-order valence-corrected chi connectivity index (χ1v) is 8.28. The molecule has 0 radical (unpaired) electrons. The van der Waals surface area contributed by atoms with Crippen LogP contribution < -0.4 is 14.8 Å². The van der Waals surface area contributed by atoms with Gasteiger partial charge in [0, 0.05) is 11.6 Å². The summed E-state index contributed by atoms with van der Waals surface area (Å²) < 4.78 is 11.0. The van der Waals surface area contributed by atoms with E-state index in [0.717, 1.165) is 25.5 Å². The molecule has 0 heterocycles.